The van der Waals surface area contributed by atoms with E-state index >= 15 is 0 Å². The lowest BCUT2D eigenvalue weighted by atomic mass is 10.1. The van der Waals surface area contributed by atoms with Crippen LogP contribution in [-0.4, -0.2) is 58.5 Å². The molecule has 0 unspecified atom stereocenters. The highest BCUT2D eigenvalue weighted by atomic mass is 16.6. The number of nitriles is 1. The minimum absolute atomic E-state index is 0.128. The van der Waals surface area contributed by atoms with Gasteiger partial charge in [0.25, 0.3) is 0 Å². The molecule has 4 heterocycles. The van der Waals surface area contributed by atoms with Crippen molar-refractivity contribution in [2.75, 3.05) is 5.32 Å². The van der Waals surface area contributed by atoms with Gasteiger partial charge in [0.1, 0.15) is 17.4 Å². The number of nitrogens with zero attached hydrogens (tertiary/aromatic N) is 8. The van der Waals surface area contributed by atoms with Crippen LogP contribution in [-0.2, 0) is 17.7 Å². The normalized spacial score (nSPS) is 12.2. The first-order valence-electron chi connectivity index (χ1n) is 14.0. The van der Waals surface area contributed by atoms with Crippen LogP contribution in [0.15, 0.2) is 67.3 Å². The van der Waals surface area contributed by atoms with E-state index in [1.54, 1.807) is 27.8 Å². The molecule has 0 aliphatic heterocycles. The number of carbonyl (C=O) groups excluding carboxylic acids is 1. The zero-order chi connectivity index (χ0) is 30.6. The van der Waals surface area contributed by atoms with E-state index in [4.69, 9.17) is 4.74 Å². The van der Waals surface area contributed by atoms with E-state index in [1.165, 1.54) is 6.20 Å². The van der Waals surface area contributed by atoms with E-state index in [9.17, 15) is 10.1 Å². The Labute approximate surface area is 249 Å². The standard InChI is InChI=1S/C31H34N10O2/c1-20(2)36-26-13-28(41-29-23(16-35-41)11-22(14-32)15-34-29)33-17-25(26)27-19-40(39-38-27)18-24(12-21-9-7-6-8-10-21)37-30(42)43-31(3,4)5/h6-11,13,15-17,19-20,24H,12,18H2,1-5H3,(H,33,36)(H,37,42)/t24-/m0/s1. The number of anilines is 1. The van der Waals surface area contributed by atoms with Crippen molar-refractivity contribution in [3.05, 3.63) is 78.4 Å². The summed E-state index contributed by atoms with van der Waals surface area (Å²) in [6.45, 7) is 9.98. The molecule has 5 rings (SSSR count). The third kappa shape index (κ3) is 7.32. The number of carbonyl (C=O) groups is 1. The predicted octanol–water partition coefficient (Wildman–Crippen LogP) is 4.90. The van der Waals surface area contributed by atoms with Crippen LogP contribution in [0.25, 0.3) is 28.1 Å². The Kier molecular flexibility index (Phi) is 8.34. The zero-order valence-corrected chi connectivity index (χ0v) is 24.8. The summed E-state index contributed by atoms with van der Waals surface area (Å²) in [6.07, 6.45) is 6.85. The molecular formula is C31H34N10O2. The van der Waals surface area contributed by atoms with E-state index in [0.29, 0.717) is 35.7 Å². The Bertz CT molecular complexity index is 1760. The SMILES string of the molecule is CC(C)Nc1cc(-n2ncc3cc(C#N)cnc32)ncc1-c1cn(C[C@H](Cc2ccccc2)NC(=O)OC(C)(C)C)nn1. The van der Waals surface area contributed by atoms with Gasteiger partial charge in [-0.15, -0.1) is 5.10 Å². The molecule has 1 amide bonds. The molecular weight excluding hydrogens is 544 g/mol. The topological polar surface area (TPSA) is 148 Å². The molecule has 0 aliphatic carbocycles. The number of pyridine rings is 2. The minimum Gasteiger partial charge on any atom is -0.444 e. The van der Waals surface area contributed by atoms with Crippen LogP contribution in [0, 0.1) is 11.3 Å². The van der Waals surface area contributed by atoms with Crippen molar-refractivity contribution < 1.29 is 9.53 Å². The number of benzene rings is 1. The molecule has 0 radical (unpaired) electrons. The van der Waals surface area contributed by atoms with Crippen molar-refractivity contribution in [2.45, 2.75) is 65.3 Å². The molecule has 5 aromatic rings. The van der Waals surface area contributed by atoms with Gasteiger partial charge < -0.3 is 15.4 Å². The summed E-state index contributed by atoms with van der Waals surface area (Å²) in [6, 6.07) is 15.5. The van der Waals surface area contributed by atoms with Gasteiger partial charge in [-0.05, 0) is 52.7 Å². The summed E-state index contributed by atoms with van der Waals surface area (Å²) in [5, 5.41) is 29.7. The fraction of sp³-hybridized carbons (Fsp3) is 0.323. The highest BCUT2D eigenvalue weighted by molar-refractivity contribution is 5.79. The highest BCUT2D eigenvalue weighted by Crippen LogP contribution is 2.29. The van der Waals surface area contributed by atoms with Crippen molar-refractivity contribution in [1.82, 2.24) is 40.1 Å². The Hall–Kier alpha value is -5.31. The van der Waals surface area contributed by atoms with Gasteiger partial charge >= 0.3 is 6.09 Å². The van der Waals surface area contributed by atoms with E-state index in [2.05, 4.69) is 42.1 Å². The molecule has 12 heteroatoms. The molecule has 0 saturated heterocycles. The fourth-order valence-corrected chi connectivity index (χ4v) is 4.62. The first kappa shape index (κ1) is 29.2. The molecule has 0 saturated carbocycles. The number of ether oxygens (including phenoxy) is 1. The second kappa shape index (κ2) is 12.3. The van der Waals surface area contributed by atoms with Gasteiger partial charge in [-0.1, -0.05) is 35.5 Å². The average molecular weight is 579 g/mol. The number of fused-ring (bicyclic) bond motifs is 1. The van der Waals surface area contributed by atoms with Crippen molar-refractivity contribution in [1.29, 1.82) is 5.26 Å². The quantitative estimate of drug-likeness (QED) is 0.249. The summed E-state index contributed by atoms with van der Waals surface area (Å²) >= 11 is 0. The third-order valence-corrected chi connectivity index (χ3v) is 6.36. The number of amides is 1. The van der Waals surface area contributed by atoms with Crippen LogP contribution in [0.4, 0.5) is 10.5 Å². The predicted molar refractivity (Wildman–Crippen MR) is 162 cm³/mol. The summed E-state index contributed by atoms with van der Waals surface area (Å²) in [5.74, 6) is 0.566. The lowest BCUT2D eigenvalue weighted by Crippen LogP contribution is -2.42. The number of hydrogen-bond acceptors (Lipinski definition) is 9. The number of nitrogens with one attached hydrogen (secondary N) is 2. The van der Waals surface area contributed by atoms with Gasteiger partial charge in [0.05, 0.1) is 30.5 Å². The van der Waals surface area contributed by atoms with Gasteiger partial charge in [-0.3, -0.25) is 0 Å². The second-order valence-corrected chi connectivity index (χ2v) is 11.6. The smallest absolute Gasteiger partial charge is 0.407 e. The molecule has 2 N–H and O–H groups in total. The number of hydrogen-bond donors (Lipinski definition) is 2. The summed E-state index contributed by atoms with van der Waals surface area (Å²) < 4.78 is 8.86. The van der Waals surface area contributed by atoms with E-state index in [0.717, 1.165) is 22.2 Å². The van der Waals surface area contributed by atoms with Crippen molar-refractivity contribution in [3.8, 4) is 23.1 Å². The van der Waals surface area contributed by atoms with E-state index in [-0.39, 0.29) is 12.1 Å². The van der Waals surface area contributed by atoms with Crippen LogP contribution in [0.5, 0.6) is 0 Å². The van der Waals surface area contributed by atoms with Crippen molar-refractivity contribution >= 4 is 22.8 Å². The Morgan fingerprint density at radius 3 is 2.60 bits per heavy atom. The molecule has 1 aromatic carbocycles. The first-order valence-corrected chi connectivity index (χ1v) is 14.0. The first-order chi connectivity index (χ1) is 20.6. The maximum Gasteiger partial charge on any atom is 0.407 e. The monoisotopic (exact) mass is 578 g/mol. The Balaban J connectivity index is 1.42. The molecule has 1 atom stereocenters. The van der Waals surface area contributed by atoms with Gasteiger partial charge in [0.15, 0.2) is 11.5 Å². The van der Waals surface area contributed by atoms with Crippen LogP contribution in [0.3, 0.4) is 0 Å². The van der Waals surface area contributed by atoms with Crippen molar-refractivity contribution in [3.63, 3.8) is 0 Å². The largest absolute Gasteiger partial charge is 0.444 e. The summed E-state index contributed by atoms with van der Waals surface area (Å²) in [7, 11) is 0. The maximum absolute atomic E-state index is 12.6. The van der Waals surface area contributed by atoms with Gasteiger partial charge in [0.2, 0.25) is 0 Å². The third-order valence-electron chi connectivity index (χ3n) is 6.36. The van der Waals surface area contributed by atoms with E-state index < -0.39 is 11.7 Å². The lowest BCUT2D eigenvalue weighted by Gasteiger charge is -2.23. The second-order valence-electron chi connectivity index (χ2n) is 11.6. The number of rotatable bonds is 9. The van der Waals surface area contributed by atoms with Crippen molar-refractivity contribution in [2.24, 2.45) is 0 Å². The number of aromatic nitrogens is 7. The van der Waals surface area contributed by atoms with Gasteiger partial charge in [-0.2, -0.15) is 15.0 Å². The summed E-state index contributed by atoms with van der Waals surface area (Å²) in [4.78, 5) is 21.7. The van der Waals surface area contributed by atoms with Crippen LogP contribution in [0.2, 0.25) is 0 Å². The lowest BCUT2D eigenvalue weighted by molar-refractivity contribution is 0.0498. The average Bonchev–Trinajstić information content (AvgIpc) is 3.59. The van der Waals surface area contributed by atoms with Gasteiger partial charge in [-0.25, -0.2) is 19.4 Å². The van der Waals surface area contributed by atoms with Crippen LogP contribution in [0.1, 0.15) is 45.7 Å². The van der Waals surface area contributed by atoms with Gasteiger partial charge in [0, 0.05) is 41.1 Å². The molecule has 43 heavy (non-hydrogen) atoms. The molecule has 220 valence electrons. The van der Waals surface area contributed by atoms with E-state index in [1.807, 2.05) is 77.2 Å². The van der Waals surface area contributed by atoms with Crippen LogP contribution < -0.4 is 10.6 Å². The molecule has 0 bridgehead atoms. The molecule has 0 fully saturated rings. The molecule has 4 aromatic heterocycles. The highest BCUT2D eigenvalue weighted by Gasteiger charge is 2.22. The molecule has 0 aliphatic rings. The maximum atomic E-state index is 12.6. The fourth-order valence-electron chi connectivity index (χ4n) is 4.62. The molecule has 0 spiro atoms. The summed E-state index contributed by atoms with van der Waals surface area (Å²) in [5.41, 5.74) is 3.72. The Morgan fingerprint density at radius 2 is 1.88 bits per heavy atom. The number of alkyl carbamates (subject to hydrolysis) is 1. The zero-order valence-electron chi connectivity index (χ0n) is 24.8. The molecule has 12 nitrogen and oxygen atoms in total. The minimum atomic E-state index is -0.612. The Morgan fingerprint density at radius 1 is 1.09 bits per heavy atom. The van der Waals surface area contributed by atoms with Crippen LogP contribution >= 0.6 is 0 Å².